The number of rotatable bonds is 5. The molecule has 1 aromatic rings. The highest BCUT2D eigenvalue weighted by atomic mass is 19.3. The Morgan fingerprint density at radius 1 is 1.42 bits per heavy atom. The van der Waals surface area contributed by atoms with Crippen molar-refractivity contribution in [3.63, 3.8) is 0 Å². The number of hydrogen-bond acceptors (Lipinski definition) is 5. The van der Waals surface area contributed by atoms with Gasteiger partial charge in [-0.25, -0.2) is 4.79 Å². The molecule has 19 heavy (non-hydrogen) atoms. The van der Waals surface area contributed by atoms with Gasteiger partial charge in [0.15, 0.2) is 0 Å². The maximum Gasteiger partial charge on any atom is 0.502 e. The molecule has 1 amide bonds. The first-order valence-electron chi connectivity index (χ1n) is 4.53. The van der Waals surface area contributed by atoms with Gasteiger partial charge in [0.05, 0.1) is 4.92 Å². The lowest BCUT2D eigenvalue weighted by Gasteiger charge is -2.13. The molecule has 8 nitrogen and oxygen atoms in total. The van der Waals surface area contributed by atoms with Crippen LogP contribution < -0.4 is 10.5 Å². The summed E-state index contributed by atoms with van der Waals surface area (Å²) in [6.07, 6.45) is -4.64. The van der Waals surface area contributed by atoms with E-state index < -0.39 is 34.3 Å². The van der Waals surface area contributed by atoms with Crippen molar-refractivity contribution < 1.29 is 33.1 Å². The van der Waals surface area contributed by atoms with Gasteiger partial charge in [0.1, 0.15) is 0 Å². The summed E-state index contributed by atoms with van der Waals surface area (Å²) in [5.41, 5.74) is 3.55. The molecule has 0 saturated carbocycles. The van der Waals surface area contributed by atoms with E-state index >= 15 is 0 Å². The van der Waals surface area contributed by atoms with Crippen molar-refractivity contribution in [1.82, 2.24) is 0 Å². The van der Waals surface area contributed by atoms with E-state index in [-0.39, 0.29) is 5.56 Å². The summed E-state index contributed by atoms with van der Waals surface area (Å²) in [4.78, 5) is 30.5. The van der Waals surface area contributed by atoms with Gasteiger partial charge in [-0.3, -0.25) is 14.9 Å². The Labute approximate surface area is 103 Å². The number of nitro benzene ring substituents is 1. The van der Waals surface area contributed by atoms with Crippen LogP contribution in [0.3, 0.4) is 0 Å². The molecule has 1 aromatic carbocycles. The third kappa shape index (κ3) is 3.12. The highest BCUT2D eigenvalue weighted by Crippen LogP contribution is 2.32. The van der Waals surface area contributed by atoms with Gasteiger partial charge in [0, 0.05) is 11.6 Å². The summed E-state index contributed by atoms with van der Waals surface area (Å²) in [5, 5.41) is 18.8. The monoisotopic (exact) mass is 276 g/mol. The molecule has 0 spiro atoms. The lowest BCUT2D eigenvalue weighted by molar-refractivity contribution is -0.387. The van der Waals surface area contributed by atoms with Crippen LogP contribution in [0.4, 0.5) is 14.5 Å². The molecule has 0 bridgehead atoms. The number of carboxylic acid groups (broad SMARTS) is 1. The fourth-order valence-corrected chi connectivity index (χ4v) is 1.08. The van der Waals surface area contributed by atoms with E-state index in [1.54, 1.807) is 0 Å². The highest BCUT2D eigenvalue weighted by Gasteiger charge is 2.44. The molecule has 0 heterocycles. The van der Waals surface area contributed by atoms with E-state index in [1.807, 2.05) is 0 Å². The van der Waals surface area contributed by atoms with E-state index in [0.29, 0.717) is 12.1 Å². The number of nitro groups is 1. The van der Waals surface area contributed by atoms with Gasteiger partial charge in [-0.15, -0.1) is 0 Å². The van der Waals surface area contributed by atoms with E-state index in [1.165, 1.54) is 0 Å². The second kappa shape index (κ2) is 4.84. The standard InChI is InChI=1S/C9H6F2N2O6/c10-9(11,8(15)16)19-6-2-1-4(7(12)14)3-5(6)13(17)18/h1-3H,(H2,12,14)(H,15,16). The van der Waals surface area contributed by atoms with Crippen molar-refractivity contribution in [3.8, 4) is 5.75 Å². The first-order valence-corrected chi connectivity index (χ1v) is 4.53. The average Bonchev–Trinajstić information content (AvgIpc) is 2.28. The zero-order chi connectivity index (χ0) is 14.8. The Kier molecular flexibility index (Phi) is 3.64. The largest absolute Gasteiger partial charge is 0.502 e. The first kappa shape index (κ1) is 14.3. The molecule has 0 atom stereocenters. The minimum absolute atomic E-state index is 0.308. The Morgan fingerprint density at radius 3 is 2.42 bits per heavy atom. The normalized spacial score (nSPS) is 10.8. The fraction of sp³-hybridized carbons (Fsp3) is 0.111. The highest BCUT2D eigenvalue weighted by molar-refractivity contribution is 5.93. The van der Waals surface area contributed by atoms with Crippen molar-refractivity contribution in [3.05, 3.63) is 33.9 Å². The van der Waals surface area contributed by atoms with Gasteiger partial charge in [-0.1, -0.05) is 0 Å². The second-order valence-electron chi connectivity index (χ2n) is 3.23. The molecule has 1 rings (SSSR count). The van der Waals surface area contributed by atoms with Crippen molar-refractivity contribution in [2.24, 2.45) is 5.73 Å². The van der Waals surface area contributed by atoms with Gasteiger partial charge < -0.3 is 15.6 Å². The smallest absolute Gasteiger partial charge is 0.474 e. The number of ether oxygens (including phenoxy) is 1. The molecule has 0 saturated heterocycles. The number of primary amides is 1. The molecule has 0 aromatic heterocycles. The summed E-state index contributed by atoms with van der Waals surface area (Å²) >= 11 is 0. The number of nitrogens with zero attached hydrogens (tertiary/aromatic N) is 1. The minimum atomic E-state index is -4.64. The lowest BCUT2D eigenvalue weighted by atomic mass is 10.2. The van der Waals surface area contributed by atoms with Gasteiger partial charge >= 0.3 is 17.8 Å². The molecular formula is C9H6F2N2O6. The number of nitrogens with two attached hydrogens (primary N) is 1. The predicted octanol–water partition coefficient (Wildman–Crippen LogP) is 0.750. The third-order valence-corrected chi connectivity index (χ3v) is 1.93. The summed E-state index contributed by atoms with van der Waals surface area (Å²) in [6.45, 7) is 0. The molecule has 0 fully saturated rings. The third-order valence-electron chi connectivity index (χ3n) is 1.93. The summed E-state index contributed by atoms with van der Waals surface area (Å²) in [7, 11) is 0. The topological polar surface area (TPSA) is 133 Å². The summed E-state index contributed by atoms with van der Waals surface area (Å²) in [6, 6.07) is 2.16. The number of amides is 1. The summed E-state index contributed by atoms with van der Waals surface area (Å²) in [5.74, 6) is -4.62. The minimum Gasteiger partial charge on any atom is -0.474 e. The van der Waals surface area contributed by atoms with Crippen molar-refractivity contribution in [2.45, 2.75) is 6.11 Å². The van der Waals surface area contributed by atoms with E-state index in [0.717, 1.165) is 6.07 Å². The van der Waals surface area contributed by atoms with E-state index in [4.69, 9.17) is 10.8 Å². The number of carbonyl (C=O) groups excluding carboxylic acids is 1. The fourth-order valence-electron chi connectivity index (χ4n) is 1.08. The molecule has 3 N–H and O–H groups in total. The number of carbonyl (C=O) groups is 2. The molecule has 0 unspecified atom stereocenters. The lowest BCUT2D eigenvalue weighted by Crippen LogP contribution is -2.35. The SMILES string of the molecule is NC(=O)c1ccc(OC(F)(F)C(=O)O)c([N+](=O)[O-])c1. The Bertz CT molecular complexity index is 560. The maximum absolute atomic E-state index is 12.8. The van der Waals surface area contributed by atoms with Crippen LogP contribution in [0.25, 0.3) is 0 Å². The number of alkyl halides is 2. The zero-order valence-corrected chi connectivity index (χ0v) is 9.00. The van der Waals surface area contributed by atoms with Crippen LogP contribution >= 0.6 is 0 Å². The Balaban J connectivity index is 3.25. The predicted molar refractivity (Wildman–Crippen MR) is 54.8 cm³/mol. The molecule has 0 aliphatic carbocycles. The average molecular weight is 276 g/mol. The van der Waals surface area contributed by atoms with Crippen molar-refractivity contribution in [2.75, 3.05) is 0 Å². The van der Waals surface area contributed by atoms with E-state index in [2.05, 4.69) is 4.74 Å². The van der Waals surface area contributed by atoms with Crippen LogP contribution in [0.2, 0.25) is 0 Å². The van der Waals surface area contributed by atoms with Crippen LogP contribution in [0.5, 0.6) is 5.75 Å². The van der Waals surface area contributed by atoms with Gasteiger partial charge in [0.25, 0.3) is 0 Å². The molecule has 10 heteroatoms. The zero-order valence-electron chi connectivity index (χ0n) is 9.00. The van der Waals surface area contributed by atoms with E-state index in [9.17, 15) is 28.5 Å². The number of hydrogen-bond donors (Lipinski definition) is 2. The van der Waals surface area contributed by atoms with Crippen molar-refractivity contribution >= 4 is 17.6 Å². The molecular weight excluding hydrogens is 270 g/mol. The summed E-state index contributed by atoms with van der Waals surface area (Å²) < 4.78 is 29.4. The number of halogens is 2. The molecule has 0 radical (unpaired) electrons. The van der Waals surface area contributed by atoms with Crippen molar-refractivity contribution in [1.29, 1.82) is 0 Å². The van der Waals surface area contributed by atoms with Crippen LogP contribution in [0.15, 0.2) is 18.2 Å². The quantitative estimate of drug-likeness (QED) is 0.602. The Morgan fingerprint density at radius 2 is 2.00 bits per heavy atom. The Hall–Kier alpha value is -2.78. The van der Waals surface area contributed by atoms with Crippen LogP contribution in [-0.2, 0) is 4.79 Å². The van der Waals surface area contributed by atoms with Gasteiger partial charge in [-0.2, -0.15) is 8.78 Å². The van der Waals surface area contributed by atoms with Gasteiger partial charge in [0.2, 0.25) is 11.7 Å². The van der Waals surface area contributed by atoms with Crippen LogP contribution in [0.1, 0.15) is 10.4 Å². The van der Waals surface area contributed by atoms with Crippen LogP contribution in [-0.4, -0.2) is 28.0 Å². The van der Waals surface area contributed by atoms with Crippen LogP contribution in [0, 0.1) is 10.1 Å². The van der Waals surface area contributed by atoms with Gasteiger partial charge in [-0.05, 0) is 12.1 Å². The second-order valence-corrected chi connectivity index (χ2v) is 3.23. The molecule has 0 aliphatic rings. The maximum atomic E-state index is 12.8. The molecule has 102 valence electrons. The first-order chi connectivity index (χ1) is 8.65. The number of benzene rings is 1. The molecule has 0 aliphatic heterocycles. The number of carboxylic acids is 1. The number of aliphatic carboxylic acids is 1.